The van der Waals surface area contributed by atoms with Crippen molar-refractivity contribution in [2.45, 2.75) is 19.6 Å². The van der Waals surface area contributed by atoms with Gasteiger partial charge in [0, 0.05) is 30.8 Å². The summed E-state index contributed by atoms with van der Waals surface area (Å²) in [6, 6.07) is 4.39. The smallest absolute Gasteiger partial charge is 0.271 e. The Balaban J connectivity index is 1.90. The van der Waals surface area contributed by atoms with Gasteiger partial charge in [-0.05, 0) is 13.0 Å². The molecule has 4 bridgehead atoms. The lowest BCUT2D eigenvalue weighted by molar-refractivity contribution is 0.0808. The molecular formula is C19H21FN6O3. The van der Waals surface area contributed by atoms with Crippen molar-refractivity contribution < 1.29 is 18.7 Å². The number of nitrogens with one attached hydrogen (secondary N) is 3. The quantitative estimate of drug-likeness (QED) is 0.607. The summed E-state index contributed by atoms with van der Waals surface area (Å²) in [4.78, 5) is 17.0. The number of methoxy groups -OCH3 is 1. The second kappa shape index (κ2) is 7.55. The number of ether oxygens (including phenoxy) is 2. The molecule has 1 aliphatic rings. The van der Waals surface area contributed by atoms with Gasteiger partial charge >= 0.3 is 0 Å². The number of hydrogen-bond donors (Lipinski definition) is 3. The molecule has 1 aliphatic heterocycles. The maximum Gasteiger partial charge on any atom is 0.271 e. The molecule has 10 heteroatoms. The van der Waals surface area contributed by atoms with Crippen LogP contribution < -0.4 is 20.7 Å². The molecule has 3 aromatic rings. The first-order chi connectivity index (χ1) is 14.0. The molecule has 4 rings (SSSR count). The van der Waals surface area contributed by atoms with Crippen LogP contribution in [0.1, 0.15) is 23.0 Å². The number of aromatic nitrogens is 3. The number of amides is 1. The lowest BCUT2D eigenvalue weighted by atomic mass is 10.1. The fourth-order valence-electron chi connectivity index (χ4n) is 3.17. The van der Waals surface area contributed by atoms with Crippen LogP contribution in [-0.2, 0) is 11.3 Å². The van der Waals surface area contributed by atoms with Crippen molar-refractivity contribution in [2.75, 3.05) is 31.4 Å². The molecule has 0 spiro atoms. The summed E-state index contributed by atoms with van der Waals surface area (Å²) in [6.45, 7) is 2.08. The number of halogens is 1. The van der Waals surface area contributed by atoms with E-state index in [4.69, 9.17) is 9.47 Å². The topological polar surface area (TPSA) is 102 Å². The minimum absolute atomic E-state index is 0.0525. The highest BCUT2D eigenvalue weighted by Crippen LogP contribution is 2.32. The largest absolute Gasteiger partial charge is 0.494 e. The van der Waals surface area contributed by atoms with Gasteiger partial charge in [-0.2, -0.15) is 0 Å². The predicted molar refractivity (Wildman–Crippen MR) is 105 cm³/mol. The van der Waals surface area contributed by atoms with Gasteiger partial charge < -0.3 is 25.4 Å². The minimum Gasteiger partial charge on any atom is -0.494 e. The summed E-state index contributed by atoms with van der Waals surface area (Å²) >= 11 is 0. The summed E-state index contributed by atoms with van der Waals surface area (Å²) < 4.78 is 26.8. The highest BCUT2D eigenvalue weighted by Gasteiger charge is 2.20. The molecular weight excluding hydrogens is 379 g/mol. The molecule has 0 radical (unpaired) electrons. The number of hydrogen-bond acceptors (Lipinski definition) is 7. The summed E-state index contributed by atoms with van der Waals surface area (Å²) in [6.07, 6.45) is 1.47. The molecule has 3 N–H and O–H groups in total. The fraction of sp³-hybridized carbons (Fsp3) is 0.316. The van der Waals surface area contributed by atoms with E-state index in [9.17, 15) is 9.18 Å². The van der Waals surface area contributed by atoms with E-state index in [2.05, 4.69) is 26.0 Å². The average molecular weight is 400 g/mol. The summed E-state index contributed by atoms with van der Waals surface area (Å²) in [5.74, 6) is -0.0222. The molecule has 1 amide bonds. The van der Waals surface area contributed by atoms with Gasteiger partial charge in [0.05, 0.1) is 37.9 Å². The van der Waals surface area contributed by atoms with Crippen LogP contribution in [0.15, 0.2) is 24.4 Å². The summed E-state index contributed by atoms with van der Waals surface area (Å²) in [7, 11) is 3.21. The monoisotopic (exact) mass is 400 g/mol. The van der Waals surface area contributed by atoms with Crippen molar-refractivity contribution >= 4 is 28.7 Å². The van der Waals surface area contributed by atoms with Crippen molar-refractivity contribution in [3.05, 3.63) is 41.5 Å². The van der Waals surface area contributed by atoms with E-state index >= 15 is 0 Å². The Bertz CT molecular complexity index is 1080. The van der Waals surface area contributed by atoms with Crippen LogP contribution >= 0.6 is 0 Å². The highest BCUT2D eigenvalue weighted by molar-refractivity contribution is 5.94. The van der Waals surface area contributed by atoms with Crippen LogP contribution in [0.4, 0.5) is 21.6 Å². The van der Waals surface area contributed by atoms with E-state index in [0.29, 0.717) is 34.2 Å². The third-order valence-corrected chi connectivity index (χ3v) is 4.60. The lowest BCUT2D eigenvalue weighted by Crippen LogP contribution is -2.36. The second-order valence-corrected chi connectivity index (χ2v) is 6.73. The minimum atomic E-state index is -0.438. The van der Waals surface area contributed by atoms with Crippen LogP contribution in [0.5, 0.6) is 5.75 Å². The van der Waals surface area contributed by atoms with Crippen LogP contribution in [0, 0.1) is 5.82 Å². The molecule has 0 unspecified atom stereocenters. The summed E-state index contributed by atoms with van der Waals surface area (Å²) in [5.41, 5.74) is 2.35. The number of rotatable bonds is 2. The van der Waals surface area contributed by atoms with E-state index in [0.717, 1.165) is 0 Å². The first kappa shape index (κ1) is 18.9. The zero-order valence-corrected chi connectivity index (χ0v) is 16.2. The van der Waals surface area contributed by atoms with Crippen molar-refractivity contribution in [2.24, 2.45) is 0 Å². The van der Waals surface area contributed by atoms with Gasteiger partial charge in [0.1, 0.15) is 11.6 Å². The third-order valence-electron chi connectivity index (χ3n) is 4.60. The normalized spacial score (nSPS) is 16.8. The second-order valence-electron chi connectivity index (χ2n) is 6.73. The third kappa shape index (κ3) is 3.54. The van der Waals surface area contributed by atoms with E-state index in [-0.39, 0.29) is 30.9 Å². The molecule has 9 nitrogen and oxygen atoms in total. The number of carbonyl (C=O) groups is 1. The first-order valence-corrected chi connectivity index (χ1v) is 9.08. The van der Waals surface area contributed by atoms with Crippen molar-refractivity contribution in [3.8, 4) is 5.75 Å². The molecule has 152 valence electrons. The Labute approximate surface area is 166 Å². The molecule has 0 fully saturated rings. The molecule has 1 atom stereocenters. The van der Waals surface area contributed by atoms with Crippen molar-refractivity contribution in [1.29, 1.82) is 0 Å². The highest BCUT2D eigenvalue weighted by atomic mass is 19.1. The molecule has 1 aromatic carbocycles. The maximum absolute atomic E-state index is 14.4. The van der Waals surface area contributed by atoms with E-state index in [1.54, 1.807) is 19.2 Å². The number of benzene rings is 1. The number of nitrogens with zero attached hydrogens (tertiary/aromatic N) is 3. The summed E-state index contributed by atoms with van der Waals surface area (Å²) in [5, 5.41) is 13.5. The molecule has 0 saturated heterocycles. The molecule has 0 saturated carbocycles. The average Bonchev–Trinajstić information content (AvgIpc) is 3.12. The SMILES string of the molecule is CNc1cc2nn3c(cnc13)C(=O)N[C@H](C)COCc1cc(c(OC)cc1F)N2. The fourth-order valence-corrected chi connectivity index (χ4v) is 3.17. The van der Waals surface area contributed by atoms with Crippen molar-refractivity contribution in [3.63, 3.8) is 0 Å². The van der Waals surface area contributed by atoms with Gasteiger partial charge in [0.15, 0.2) is 17.2 Å². The van der Waals surface area contributed by atoms with Gasteiger partial charge in [0.25, 0.3) is 5.91 Å². The molecule has 2 aromatic heterocycles. The number of imidazole rings is 1. The maximum atomic E-state index is 14.4. The van der Waals surface area contributed by atoms with E-state index < -0.39 is 5.82 Å². The Morgan fingerprint density at radius 2 is 2.21 bits per heavy atom. The number of fused-ring (bicyclic) bond motifs is 3. The van der Waals surface area contributed by atoms with Crippen molar-refractivity contribution in [1.82, 2.24) is 19.9 Å². The van der Waals surface area contributed by atoms with E-state index in [1.807, 2.05) is 6.92 Å². The predicted octanol–water partition coefficient (Wildman–Crippen LogP) is 2.31. The molecule has 29 heavy (non-hydrogen) atoms. The zero-order valence-electron chi connectivity index (χ0n) is 16.2. The zero-order chi connectivity index (χ0) is 20.5. The van der Waals surface area contributed by atoms with Gasteiger partial charge in [-0.1, -0.05) is 0 Å². The first-order valence-electron chi connectivity index (χ1n) is 9.08. The Morgan fingerprint density at radius 3 is 2.97 bits per heavy atom. The van der Waals surface area contributed by atoms with E-state index in [1.165, 1.54) is 23.9 Å². The van der Waals surface area contributed by atoms with Crippen LogP contribution in [0.2, 0.25) is 0 Å². The number of anilines is 3. The molecule has 3 heterocycles. The van der Waals surface area contributed by atoms with Gasteiger partial charge in [-0.3, -0.25) is 4.79 Å². The lowest BCUT2D eigenvalue weighted by Gasteiger charge is -2.18. The number of carbonyl (C=O) groups excluding carboxylic acids is 1. The van der Waals surface area contributed by atoms with Gasteiger partial charge in [0.2, 0.25) is 0 Å². The Morgan fingerprint density at radius 1 is 1.38 bits per heavy atom. The van der Waals surface area contributed by atoms with Gasteiger partial charge in [-0.15, -0.1) is 5.10 Å². The van der Waals surface area contributed by atoms with Gasteiger partial charge in [-0.25, -0.2) is 13.9 Å². The van der Waals surface area contributed by atoms with Crippen LogP contribution in [0.3, 0.4) is 0 Å². The molecule has 0 aliphatic carbocycles. The van der Waals surface area contributed by atoms with Crippen LogP contribution in [-0.4, -0.2) is 47.3 Å². The standard InChI is InChI=1S/C19H21FN6O3/c1-10-8-29-9-11-4-13(16(28-3)5-12(11)20)24-17-6-14(21-2)18-22-7-15(19(27)23-10)26(18)25-17/h4-7,10,21H,8-9H2,1-3H3,(H,23,27)(H,24,25)/t10-/m1/s1. The Hall–Kier alpha value is -3.40. The Kier molecular flexibility index (Phi) is 4.93. The van der Waals surface area contributed by atoms with Crippen LogP contribution in [0.25, 0.3) is 5.65 Å².